The van der Waals surface area contributed by atoms with Crippen LogP contribution < -0.4 is 5.32 Å². The van der Waals surface area contributed by atoms with E-state index in [-0.39, 0.29) is 0 Å². The van der Waals surface area contributed by atoms with Crippen molar-refractivity contribution in [3.8, 4) is 0 Å². The Morgan fingerprint density at radius 1 is 1.00 bits per heavy atom. The highest BCUT2D eigenvalue weighted by atomic mass is 16.5. The zero-order valence-electron chi connectivity index (χ0n) is 16.0. The molecule has 0 radical (unpaired) electrons. The van der Waals surface area contributed by atoms with Gasteiger partial charge in [-0.3, -0.25) is 4.90 Å². The predicted molar refractivity (Wildman–Crippen MR) is 112 cm³/mol. The molecule has 1 N–H and O–H groups in total. The topological polar surface area (TPSA) is 24.5 Å². The molecule has 140 valence electrons. The molecule has 3 aromatic rings. The molecule has 3 heteroatoms. The summed E-state index contributed by atoms with van der Waals surface area (Å²) in [6.45, 7) is 6.78. The van der Waals surface area contributed by atoms with Gasteiger partial charge in [0.05, 0.1) is 13.2 Å². The number of benzene rings is 3. The summed E-state index contributed by atoms with van der Waals surface area (Å²) in [5.74, 6) is 0. The van der Waals surface area contributed by atoms with Crippen LogP contribution in [-0.4, -0.2) is 37.2 Å². The number of rotatable bonds is 6. The first-order chi connectivity index (χ1) is 13.3. The van der Waals surface area contributed by atoms with Crippen molar-refractivity contribution in [2.24, 2.45) is 0 Å². The van der Waals surface area contributed by atoms with Crippen molar-refractivity contribution in [1.29, 1.82) is 0 Å². The molecule has 0 saturated carbocycles. The molecule has 0 bridgehead atoms. The second-order valence-electron chi connectivity index (χ2n) is 7.38. The lowest BCUT2D eigenvalue weighted by Gasteiger charge is -2.36. The van der Waals surface area contributed by atoms with Crippen molar-refractivity contribution in [2.75, 3.05) is 26.3 Å². The Bertz CT molecular complexity index is 859. The molecule has 2 unspecified atom stereocenters. The summed E-state index contributed by atoms with van der Waals surface area (Å²) < 4.78 is 5.78. The van der Waals surface area contributed by atoms with E-state index in [9.17, 15) is 0 Å². The van der Waals surface area contributed by atoms with Crippen LogP contribution in [0.4, 0.5) is 0 Å². The lowest BCUT2D eigenvalue weighted by molar-refractivity contribution is -0.0116. The maximum Gasteiger partial charge on any atom is 0.0635 e. The van der Waals surface area contributed by atoms with Gasteiger partial charge in [-0.25, -0.2) is 0 Å². The molecule has 3 aromatic carbocycles. The molecule has 1 fully saturated rings. The molecule has 0 spiro atoms. The number of nitrogens with zero attached hydrogens (tertiary/aromatic N) is 1. The van der Waals surface area contributed by atoms with Crippen LogP contribution in [0.5, 0.6) is 0 Å². The lowest BCUT2D eigenvalue weighted by Crippen LogP contribution is -2.50. The molecule has 2 atom stereocenters. The third-order valence-corrected chi connectivity index (χ3v) is 5.53. The summed E-state index contributed by atoms with van der Waals surface area (Å²) in [5.41, 5.74) is 2.73. The molecular weight excluding hydrogens is 332 g/mol. The first kappa shape index (κ1) is 18.2. The molecule has 0 aliphatic carbocycles. The van der Waals surface area contributed by atoms with Crippen LogP contribution in [0, 0.1) is 0 Å². The van der Waals surface area contributed by atoms with Gasteiger partial charge >= 0.3 is 0 Å². The Labute approximate surface area is 162 Å². The summed E-state index contributed by atoms with van der Waals surface area (Å²) in [6, 6.07) is 26.6. The molecule has 0 aromatic heterocycles. The minimum atomic E-state index is 0.302. The zero-order chi connectivity index (χ0) is 18.5. The van der Waals surface area contributed by atoms with Gasteiger partial charge in [0.2, 0.25) is 0 Å². The molecule has 4 rings (SSSR count). The monoisotopic (exact) mass is 360 g/mol. The number of nitrogens with one attached hydrogen (secondary N) is 1. The second-order valence-corrected chi connectivity index (χ2v) is 7.38. The van der Waals surface area contributed by atoms with Crippen molar-refractivity contribution < 1.29 is 4.74 Å². The summed E-state index contributed by atoms with van der Waals surface area (Å²) in [6.07, 6.45) is 0. The van der Waals surface area contributed by atoms with E-state index in [1.807, 2.05) is 0 Å². The van der Waals surface area contributed by atoms with Crippen LogP contribution in [0.2, 0.25) is 0 Å². The molecule has 1 heterocycles. The Balaban J connectivity index is 1.43. The van der Waals surface area contributed by atoms with Gasteiger partial charge in [0.15, 0.2) is 0 Å². The van der Waals surface area contributed by atoms with Gasteiger partial charge in [-0.05, 0) is 28.8 Å². The maximum atomic E-state index is 5.78. The van der Waals surface area contributed by atoms with Crippen molar-refractivity contribution in [1.82, 2.24) is 10.2 Å². The normalized spacial score (nSPS) is 19.2. The van der Waals surface area contributed by atoms with E-state index in [2.05, 4.69) is 89.9 Å². The minimum absolute atomic E-state index is 0.302. The summed E-state index contributed by atoms with van der Waals surface area (Å²) >= 11 is 0. The lowest BCUT2D eigenvalue weighted by atomic mass is 9.99. The summed E-state index contributed by atoms with van der Waals surface area (Å²) in [5, 5.41) is 6.39. The first-order valence-electron chi connectivity index (χ1n) is 9.88. The fourth-order valence-electron chi connectivity index (χ4n) is 3.95. The fourth-order valence-corrected chi connectivity index (χ4v) is 3.95. The van der Waals surface area contributed by atoms with E-state index in [1.54, 1.807) is 0 Å². The highest BCUT2D eigenvalue weighted by Gasteiger charge is 2.23. The van der Waals surface area contributed by atoms with Gasteiger partial charge in [0.1, 0.15) is 0 Å². The van der Waals surface area contributed by atoms with Gasteiger partial charge in [0, 0.05) is 31.7 Å². The van der Waals surface area contributed by atoms with Crippen molar-refractivity contribution in [2.45, 2.75) is 25.6 Å². The Morgan fingerprint density at radius 2 is 1.78 bits per heavy atom. The SMILES string of the molecule is CC(NCC1COCCN1Cc1ccccc1)c1cccc2ccccc12. The molecule has 0 amide bonds. The fraction of sp³-hybridized carbons (Fsp3) is 0.333. The van der Waals surface area contributed by atoms with E-state index in [0.717, 1.165) is 32.8 Å². The number of hydrogen-bond acceptors (Lipinski definition) is 3. The van der Waals surface area contributed by atoms with Crippen LogP contribution in [-0.2, 0) is 11.3 Å². The Kier molecular flexibility index (Phi) is 5.83. The molecule has 1 saturated heterocycles. The number of ether oxygens (including phenoxy) is 1. The van der Waals surface area contributed by atoms with Gasteiger partial charge in [-0.2, -0.15) is 0 Å². The van der Waals surface area contributed by atoms with Crippen LogP contribution in [0.3, 0.4) is 0 Å². The average Bonchev–Trinajstić information content (AvgIpc) is 2.73. The molecular formula is C24H28N2O. The summed E-state index contributed by atoms with van der Waals surface area (Å²) in [7, 11) is 0. The first-order valence-corrected chi connectivity index (χ1v) is 9.88. The third-order valence-electron chi connectivity index (χ3n) is 5.53. The Hall–Kier alpha value is -2.20. The minimum Gasteiger partial charge on any atom is -0.378 e. The van der Waals surface area contributed by atoms with Gasteiger partial charge in [0.25, 0.3) is 0 Å². The van der Waals surface area contributed by atoms with Crippen molar-refractivity contribution in [3.63, 3.8) is 0 Å². The highest BCUT2D eigenvalue weighted by Crippen LogP contribution is 2.24. The van der Waals surface area contributed by atoms with E-state index >= 15 is 0 Å². The van der Waals surface area contributed by atoms with Crippen LogP contribution in [0.15, 0.2) is 72.8 Å². The maximum absolute atomic E-state index is 5.78. The van der Waals surface area contributed by atoms with E-state index < -0.39 is 0 Å². The van der Waals surface area contributed by atoms with Gasteiger partial charge in [-0.1, -0.05) is 72.8 Å². The third kappa shape index (κ3) is 4.38. The molecule has 27 heavy (non-hydrogen) atoms. The quantitative estimate of drug-likeness (QED) is 0.705. The van der Waals surface area contributed by atoms with E-state index in [0.29, 0.717) is 12.1 Å². The highest BCUT2D eigenvalue weighted by molar-refractivity contribution is 5.86. The van der Waals surface area contributed by atoms with E-state index in [1.165, 1.54) is 21.9 Å². The molecule has 1 aliphatic rings. The van der Waals surface area contributed by atoms with Gasteiger partial charge in [-0.15, -0.1) is 0 Å². The average molecular weight is 361 g/mol. The van der Waals surface area contributed by atoms with Crippen LogP contribution in [0.25, 0.3) is 10.8 Å². The molecule has 1 aliphatic heterocycles. The van der Waals surface area contributed by atoms with Crippen molar-refractivity contribution >= 4 is 10.8 Å². The summed E-state index contributed by atoms with van der Waals surface area (Å²) in [4.78, 5) is 2.54. The number of hydrogen-bond donors (Lipinski definition) is 1. The van der Waals surface area contributed by atoms with Crippen LogP contribution >= 0.6 is 0 Å². The zero-order valence-corrected chi connectivity index (χ0v) is 16.0. The largest absolute Gasteiger partial charge is 0.378 e. The Morgan fingerprint density at radius 3 is 2.67 bits per heavy atom. The molecule has 3 nitrogen and oxygen atoms in total. The second kappa shape index (κ2) is 8.66. The van der Waals surface area contributed by atoms with E-state index in [4.69, 9.17) is 4.74 Å². The predicted octanol–water partition coefficient (Wildman–Crippen LogP) is 4.39. The number of morpholine rings is 1. The van der Waals surface area contributed by atoms with Crippen LogP contribution in [0.1, 0.15) is 24.1 Å². The smallest absolute Gasteiger partial charge is 0.0635 e. The van der Waals surface area contributed by atoms with Crippen molar-refractivity contribution in [3.05, 3.63) is 83.9 Å². The van der Waals surface area contributed by atoms with Gasteiger partial charge < -0.3 is 10.1 Å². The number of fused-ring (bicyclic) bond motifs is 1. The standard InChI is InChI=1S/C24H28N2O/c1-19(23-13-7-11-21-10-5-6-12-24(21)23)25-16-22-18-27-15-14-26(22)17-20-8-3-2-4-9-20/h2-13,19,22,25H,14-18H2,1H3.